The van der Waals surface area contributed by atoms with Crippen molar-refractivity contribution in [2.75, 3.05) is 0 Å². The molecule has 10 heavy (non-hydrogen) atoms. The molecule has 4 heteroatoms. The van der Waals surface area contributed by atoms with Crippen molar-refractivity contribution in [1.29, 1.82) is 0 Å². The number of phenols is 1. The highest BCUT2D eigenvalue weighted by Crippen LogP contribution is 2.02. The van der Waals surface area contributed by atoms with Gasteiger partial charge in [-0.05, 0) is 17.6 Å². The van der Waals surface area contributed by atoms with E-state index < -0.39 is 7.05 Å². The van der Waals surface area contributed by atoms with Gasteiger partial charge in [0.05, 0.1) is 0 Å². The summed E-state index contributed by atoms with van der Waals surface area (Å²) in [5.74, 6) is 0.171. The Morgan fingerprint density at radius 3 is 2.10 bits per heavy atom. The number of rotatable bonds is 1. The fourth-order valence-corrected chi connectivity index (χ4v) is 0.671. The summed E-state index contributed by atoms with van der Waals surface area (Å²) in [6.45, 7) is 0. The summed E-state index contributed by atoms with van der Waals surface area (Å²) >= 11 is 0. The van der Waals surface area contributed by atoms with Gasteiger partial charge in [0.1, 0.15) is 5.75 Å². The van der Waals surface area contributed by atoms with Crippen LogP contribution in [0.3, 0.4) is 0 Å². The van der Waals surface area contributed by atoms with Gasteiger partial charge in [-0.15, -0.1) is 0 Å². The van der Waals surface area contributed by atoms with Gasteiger partial charge < -0.3 is 15.8 Å². The van der Waals surface area contributed by atoms with Crippen LogP contribution in [0.25, 0.3) is 0 Å². The Morgan fingerprint density at radius 1 is 1.20 bits per heavy atom. The standard InChI is InChI=1S/C6H8BNO2/c8-7(10)5-1-3-6(9)4-2-5/h1-4,9-10H,8H2. The largest absolute Gasteiger partial charge is 0.508 e. The molecule has 0 atom stereocenters. The van der Waals surface area contributed by atoms with Crippen molar-refractivity contribution in [3.8, 4) is 5.75 Å². The first-order valence-corrected chi connectivity index (χ1v) is 2.93. The molecule has 0 bridgehead atoms. The van der Waals surface area contributed by atoms with E-state index in [1.165, 1.54) is 12.1 Å². The van der Waals surface area contributed by atoms with Gasteiger partial charge in [-0.3, -0.25) is 0 Å². The first-order valence-electron chi connectivity index (χ1n) is 2.93. The summed E-state index contributed by atoms with van der Waals surface area (Å²) in [6.07, 6.45) is 0. The van der Waals surface area contributed by atoms with E-state index in [1.807, 2.05) is 0 Å². The molecule has 1 aromatic carbocycles. The lowest BCUT2D eigenvalue weighted by molar-refractivity contribution is 0.475. The van der Waals surface area contributed by atoms with Gasteiger partial charge in [0.25, 0.3) is 0 Å². The van der Waals surface area contributed by atoms with Gasteiger partial charge in [-0.25, -0.2) is 0 Å². The van der Waals surface area contributed by atoms with E-state index in [0.717, 1.165) is 0 Å². The van der Waals surface area contributed by atoms with Crippen LogP contribution in [0, 0.1) is 0 Å². The van der Waals surface area contributed by atoms with Crippen LogP contribution in [-0.2, 0) is 0 Å². The van der Waals surface area contributed by atoms with Crippen molar-refractivity contribution in [1.82, 2.24) is 0 Å². The third-order valence-corrected chi connectivity index (χ3v) is 1.23. The molecule has 0 aliphatic rings. The van der Waals surface area contributed by atoms with E-state index in [-0.39, 0.29) is 5.75 Å². The van der Waals surface area contributed by atoms with E-state index in [1.54, 1.807) is 12.1 Å². The monoisotopic (exact) mass is 137 g/mol. The molecule has 0 aliphatic carbocycles. The molecule has 1 aromatic rings. The second-order valence-corrected chi connectivity index (χ2v) is 2.04. The van der Waals surface area contributed by atoms with Gasteiger partial charge >= 0.3 is 7.05 Å². The molecule has 0 aromatic heterocycles. The molecule has 0 saturated carbocycles. The number of hydrogen-bond acceptors (Lipinski definition) is 3. The summed E-state index contributed by atoms with van der Waals surface area (Å²) in [6, 6.07) is 6.09. The molecule has 4 N–H and O–H groups in total. The van der Waals surface area contributed by atoms with Crippen LogP contribution < -0.4 is 11.1 Å². The highest BCUT2D eigenvalue weighted by molar-refractivity contribution is 6.62. The number of aromatic hydroxyl groups is 1. The summed E-state index contributed by atoms with van der Waals surface area (Å²) < 4.78 is 0. The smallest absolute Gasteiger partial charge is 0.410 e. The molecule has 0 fully saturated rings. The van der Waals surface area contributed by atoms with Crippen LogP contribution in [0.5, 0.6) is 5.75 Å². The van der Waals surface area contributed by atoms with Crippen molar-refractivity contribution in [2.45, 2.75) is 0 Å². The maximum absolute atomic E-state index is 8.82. The SMILES string of the molecule is NB(O)c1ccc(O)cc1. The molecule has 0 amide bonds. The van der Waals surface area contributed by atoms with E-state index in [2.05, 4.69) is 0 Å². The zero-order valence-corrected chi connectivity index (χ0v) is 5.36. The first kappa shape index (κ1) is 7.12. The lowest BCUT2D eigenvalue weighted by Gasteiger charge is -1.98. The minimum Gasteiger partial charge on any atom is -0.508 e. The van der Waals surface area contributed by atoms with Crippen molar-refractivity contribution in [3.63, 3.8) is 0 Å². The average molecular weight is 137 g/mol. The van der Waals surface area contributed by atoms with Crippen LogP contribution in [0.2, 0.25) is 0 Å². The number of nitrogens with two attached hydrogens (primary N) is 1. The van der Waals surface area contributed by atoms with Gasteiger partial charge in [-0.1, -0.05) is 12.1 Å². The quantitative estimate of drug-likeness (QED) is 0.436. The van der Waals surface area contributed by atoms with Gasteiger partial charge in [-0.2, -0.15) is 0 Å². The van der Waals surface area contributed by atoms with E-state index in [4.69, 9.17) is 15.8 Å². The third kappa shape index (κ3) is 1.49. The zero-order valence-electron chi connectivity index (χ0n) is 5.36. The molecule has 1 rings (SSSR count). The van der Waals surface area contributed by atoms with Crippen molar-refractivity contribution in [2.24, 2.45) is 5.64 Å². The molecular formula is C6H8BNO2. The Kier molecular flexibility index (Phi) is 1.94. The Labute approximate surface area is 59.2 Å². The summed E-state index contributed by atoms with van der Waals surface area (Å²) in [5.41, 5.74) is 5.73. The molecule has 52 valence electrons. The number of phenolic OH excluding ortho intramolecular Hbond substituents is 1. The molecule has 0 radical (unpaired) electrons. The molecular weight excluding hydrogens is 129 g/mol. The minimum atomic E-state index is -0.958. The zero-order chi connectivity index (χ0) is 7.56. The van der Waals surface area contributed by atoms with E-state index in [0.29, 0.717) is 5.46 Å². The van der Waals surface area contributed by atoms with Crippen molar-refractivity contribution >= 4 is 12.5 Å². The minimum absolute atomic E-state index is 0.171. The van der Waals surface area contributed by atoms with Crippen LogP contribution in [0.1, 0.15) is 0 Å². The predicted molar refractivity (Wildman–Crippen MR) is 39.9 cm³/mol. The highest BCUT2D eigenvalue weighted by Gasteiger charge is 2.05. The predicted octanol–water partition coefficient (Wildman–Crippen LogP) is -0.962. The van der Waals surface area contributed by atoms with E-state index in [9.17, 15) is 0 Å². The summed E-state index contributed by atoms with van der Waals surface area (Å²) in [4.78, 5) is 0. The summed E-state index contributed by atoms with van der Waals surface area (Å²) in [7, 11) is -0.958. The lowest BCUT2D eigenvalue weighted by atomic mass is 9.76. The fraction of sp³-hybridized carbons (Fsp3) is 0. The van der Waals surface area contributed by atoms with Crippen LogP contribution in [0.4, 0.5) is 0 Å². The van der Waals surface area contributed by atoms with Crippen molar-refractivity contribution < 1.29 is 10.1 Å². The van der Waals surface area contributed by atoms with Crippen LogP contribution in [-0.4, -0.2) is 17.2 Å². The molecule has 3 nitrogen and oxygen atoms in total. The van der Waals surface area contributed by atoms with Crippen molar-refractivity contribution in [3.05, 3.63) is 24.3 Å². The first-order chi connectivity index (χ1) is 4.70. The normalized spacial score (nSPS) is 9.40. The Morgan fingerprint density at radius 2 is 1.70 bits per heavy atom. The average Bonchev–Trinajstić information content (AvgIpc) is 1.88. The third-order valence-electron chi connectivity index (χ3n) is 1.23. The molecule has 0 unspecified atom stereocenters. The van der Waals surface area contributed by atoms with Gasteiger partial charge in [0.15, 0.2) is 0 Å². The van der Waals surface area contributed by atoms with Crippen LogP contribution >= 0.6 is 0 Å². The van der Waals surface area contributed by atoms with Gasteiger partial charge in [0, 0.05) is 0 Å². The number of benzene rings is 1. The molecule has 0 spiro atoms. The molecule has 0 aliphatic heterocycles. The molecule has 0 heterocycles. The number of hydrogen-bond donors (Lipinski definition) is 3. The Balaban J connectivity index is 2.89. The molecule has 0 saturated heterocycles. The Bertz CT molecular complexity index is 209. The van der Waals surface area contributed by atoms with Crippen LogP contribution in [0.15, 0.2) is 24.3 Å². The Hall–Kier alpha value is -0.995. The van der Waals surface area contributed by atoms with Gasteiger partial charge in [0.2, 0.25) is 0 Å². The topological polar surface area (TPSA) is 66.5 Å². The van der Waals surface area contributed by atoms with E-state index >= 15 is 0 Å². The maximum Gasteiger partial charge on any atom is 0.410 e. The summed E-state index contributed by atoms with van der Waals surface area (Å²) in [5, 5.41) is 17.6. The highest BCUT2D eigenvalue weighted by atomic mass is 16.3. The maximum atomic E-state index is 8.82. The fourth-order valence-electron chi connectivity index (χ4n) is 0.671. The lowest BCUT2D eigenvalue weighted by Crippen LogP contribution is -2.39. The second kappa shape index (κ2) is 2.73. The second-order valence-electron chi connectivity index (χ2n) is 2.04.